The van der Waals surface area contributed by atoms with Gasteiger partial charge in [0.2, 0.25) is 0 Å². The topological polar surface area (TPSA) is 71.4 Å². The van der Waals surface area contributed by atoms with E-state index in [0.717, 1.165) is 0 Å². The summed E-state index contributed by atoms with van der Waals surface area (Å²) in [6.07, 6.45) is 0. The molecular weight excluding hydrogens is 264 g/mol. The van der Waals surface area contributed by atoms with Gasteiger partial charge in [-0.3, -0.25) is 0 Å². The molecule has 0 aliphatic carbocycles. The number of carboxylic acid groups (broad SMARTS) is 1. The molecule has 0 amide bonds. The molecule has 0 unspecified atom stereocenters. The van der Waals surface area contributed by atoms with Gasteiger partial charge in [0.15, 0.2) is 9.84 Å². The Morgan fingerprint density at radius 3 is 2.53 bits per heavy atom. The predicted octanol–water partition coefficient (Wildman–Crippen LogP) is 2.10. The molecule has 0 radical (unpaired) electrons. The molecule has 0 spiro atoms. The number of hydrogen-bond donors (Lipinski definition) is 1. The second kappa shape index (κ2) is 3.46. The maximum absolute atomic E-state index is 11.9. The molecule has 0 saturated heterocycles. The van der Waals surface area contributed by atoms with Crippen LogP contribution in [0.25, 0.3) is 0 Å². The van der Waals surface area contributed by atoms with Gasteiger partial charge in [-0.05, 0) is 17.7 Å². The van der Waals surface area contributed by atoms with Crippen molar-refractivity contribution in [3.05, 3.63) is 28.3 Å². The van der Waals surface area contributed by atoms with Crippen LogP contribution in [0.3, 0.4) is 0 Å². The Morgan fingerprint density at radius 2 is 2.00 bits per heavy atom. The quantitative estimate of drug-likeness (QED) is 0.851. The fourth-order valence-electron chi connectivity index (χ4n) is 2.24. The molecule has 1 heterocycles. The molecule has 1 aromatic carbocycles. The molecule has 4 nitrogen and oxygen atoms in total. The summed E-state index contributed by atoms with van der Waals surface area (Å²) in [7, 11) is -3.36. The average molecular weight is 275 g/mol. The Balaban J connectivity index is 2.85. The first-order chi connectivity index (χ1) is 7.67. The van der Waals surface area contributed by atoms with Gasteiger partial charge in [0.05, 0.1) is 21.2 Å². The van der Waals surface area contributed by atoms with Crippen molar-refractivity contribution < 1.29 is 18.3 Å². The van der Waals surface area contributed by atoms with E-state index in [0.29, 0.717) is 5.56 Å². The molecule has 1 N–H and O–H groups in total. The summed E-state index contributed by atoms with van der Waals surface area (Å²) < 4.78 is 23.8. The first-order valence-electron chi connectivity index (χ1n) is 4.96. The second-order valence-corrected chi connectivity index (χ2v) is 7.08. The van der Waals surface area contributed by atoms with Crippen LogP contribution in [0.5, 0.6) is 0 Å². The van der Waals surface area contributed by atoms with Crippen LogP contribution in [0.4, 0.5) is 0 Å². The number of carboxylic acids is 1. The molecule has 17 heavy (non-hydrogen) atoms. The molecular formula is C11H11ClO4S. The van der Waals surface area contributed by atoms with Crippen LogP contribution >= 0.6 is 11.6 Å². The highest BCUT2D eigenvalue weighted by Gasteiger charge is 2.43. The number of hydrogen-bond acceptors (Lipinski definition) is 3. The van der Waals surface area contributed by atoms with Gasteiger partial charge in [-0.25, -0.2) is 13.2 Å². The molecule has 2 rings (SSSR count). The number of aromatic carboxylic acids is 1. The average Bonchev–Trinajstić information content (AvgIpc) is 2.32. The van der Waals surface area contributed by atoms with Gasteiger partial charge in [0, 0.05) is 5.41 Å². The van der Waals surface area contributed by atoms with Crippen LogP contribution in [0.1, 0.15) is 29.8 Å². The van der Waals surface area contributed by atoms with Crippen LogP contribution in [0, 0.1) is 0 Å². The molecule has 1 aliphatic rings. The van der Waals surface area contributed by atoms with Crippen molar-refractivity contribution >= 4 is 27.4 Å². The Labute approximate surface area is 104 Å². The van der Waals surface area contributed by atoms with E-state index >= 15 is 0 Å². The van der Waals surface area contributed by atoms with Gasteiger partial charge < -0.3 is 5.11 Å². The van der Waals surface area contributed by atoms with E-state index in [1.807, 2.05) is 0 Å². The first kappa shape index (κ1) is 12.4. The van der Waals surface area contributed by atoms with E-state index < -0.39 is 21.2 Å². The third-order valence-corrected chi connectivity index (χ3v) is 5.40. The fraction of sp³-hybridized carbons (Fsp3) is 0.364. The number of fused-ring (bicyclic) bond motifs is 1. The summed E-state index contributed by atoms with van der Waals surface area (Å²) in [5.74, 6) is -1.20. The molecule has 0 atom stereocenters. The van der Waals surface area contributed by atoms with Crippen molar-refractivity contribution in [1.29, 1.82) is 0 Å². The van der Waals surface area contributed by atoms with E-state index in [9.17, 15) is 13.2 Å². The Morgan fingerprint density at radius 1 is 1.41 bits per heavy atom. The molecule has 92 valence electrons. The summed E-state index contributed by atoms with van der Waals surface area (Å²) in [5, 5.41) is 8.99. The van der Waals surface area contributed by atoms with Crippen molar-refractivity contribution in [2.45, 2.75) is 24.2 Å². The number of carbonyl (C=O) groups is 1. The van der Waals surface area contributed by atoms with Gasteiger partial charge >= 0.3 is 5.97 Å². The van der Waals surface area contributed by atoms with E-state index in [1.54, 1.807) is 13.8 Å². The SMILES string of the molecule is CC1(C)CS(=O)(=O)c2ccc(C(=O)O)c(Cl)c21. The lowest BCUT2D eigenvalue weighted by Gasteiger charge is -2.18. The normalized spacial score (nSPS) is 19.9. The molecule has 0 fully saturated rings. The van der Waals surface area contributed by atoms with Crippen molar-refractivity contribution in [3.8, 4) is 0 Å². The monoisotopic (exact) mass is 274 g/mol. The Hall–Kier alpha value is -1.07. The summed E-state index contributed by atoms with van der Waals surface area (Å²) >= 11 is 6.02. The van der Waals surface area contributed by atoms with Gasteiger partial charge in [0.1, 0.15) is 0 Å². The zero-order valence-corrected chi connectivity index (χ0v) is 10.9. The summed E-state index contributed by atoms with van der Waals surface area (Å²) in [5.41, 5.74) is -0.300. The second-order valence-electron chi connectivity index (χ2n) is 4.75. The number of sulfone groups is 1. The highest BCUT2D eigenvalue weighted by atomic mass is 35.5. The van der Waals surface area contributed by atoms with Crippen LogP contribution in [0.2, 0.25) is 5.02 Å². The largest absolute Gasteiger partial charge is 0.478 e. The number of benzene rings is 1. The minimum absolute atomic E-state index is 0.0288. The highest BCUT2D eigenvalue weighted by molar-refractivity contribution is 7.91. The number of halogens is 1. The minimum atomic E-state index is -3.36. The van der Waals surface area contributed by atoms with E-state index in [4.69, 9.17) is 16.7 Å². The van der Waals surface area contributed by atoms with Crippen molar-refractivity contribution in [1.82, 2.24) is 0 Å². The maximum atomic E-state index is 11.9. The molecule has 0 saturated carbocycles. The highest BCUT2D eigenvalue weighted by Crippen LogP contribution is 2.44. The molecule has 1 aliphatic heterocycles. The van der Waals surface area contributed by atoms with Crippen LogP contribution in [-0.2, 0) is 15.3 Å². The van der Waals surface area contributed by atoms with E-state index in [-0.39, 0.29) is 21.2 Å². The van der Waals surface area contributed by atoms with Gasteiger partial charge in [0.25, 0.3) is 0 Å². The zero-order valence-electron chi connectivity index (χ0n) is 9.32. The zero-order chi connectivity index (χ0) is 13.0. The first-order valence-corrected chi connectivity index (χ1v) is 6.99. The molecule has 0 bridgehead atoms. The lowest BCUT2D eigenvalue weighted by atomic mass is 9.86. The van der Waals surface area contributed by atoms with Crippen molar-refractivity contribution in [3.63, 3.8) is 0 Å². The van der Waals surface area contributed by atoms with Gasteiger partial charge in [-0.2, -0.15) is 0 Å². The smallest absolute Gasteiger partial charge is 0.337 e. The molecule has 0 aromatic heterocycles. The third kappa shape index (κ3) is 1.73. The van der Waals surface area contributed by atoms with Gasteiger partial charge in [-0.1, -0.05) is 25.4 Å². The summed E-state index contributed by atoms with van der Waals surface area (Å²) in [6, 6.07) is 2.57. The van der Waals surface area contributed by atoms with Gasteiger partial charge in [-0.15, -0.1) is 0 Å². The Kier molecular flexibility index (Phi) is 2.52. The molecule has 6 heteroatoms. The predicted molar refractivity (Wildman–Crippen MR) is 63.5 cm³/mol. The molecule has 1 aromatic rings. The van der Waals surface area contributed by atoms with Crippen molar-refractivity contribution in [2.24, 2.45) is 0 Å². The number of rotatable bonds is 1. The van der Waals surface area contributed by atoms with Crippen LogP contribution in [-0.4, -0.2) is 25.2 Å². The van der Waals surface area contributed by atoms with Crippen LogP contribution in [0.15, 0.2) is 17.0 Å². The summed E-state index contributed by atoms with van der Waals surface area (Å²) in [6.45, 7) is 3.49. The lowest BCUT2D eigenvalue weighted by molar-refractivity contribution is 0.0697. The summed E-state index contributed by atoms with van der Waals surface area (Å²) in [4.78, 5) is 11.1. The Bertz CT molecular complexity index is 617. The standard InChI is InChI=1S/C11H11ClO4S/c1-11(2)5-17(15,16)7-4-3-6(10(13)14)9(12)8(7)11/h3-4H,5H2,1-2H3,(H,13,14). The maximum Gasteiger partial charge on any atom is 0.337 e. The van der Waals surface area contributed by atoms with E-state index in [1.165, 1.54) is 12.1 Å². The lowest BCUT2D eigenvalue weighted by Crippen LogP contribution is -2.20. The van der Waals surface area contributed by atoms with E-state index in [2.05, 4.69) is 0 Å². The fourth-order valence-corrected chi connectivity index (χ4v) is 5.01. The van der Waals surface area contributed by atoms with Crippen molar-refractivity contribution in [2.75, 3.05) is 5.75 Å². The van der Waals surface area contributed by atoms with Crippen LogP contribution < -0.4 is 0 Å². The minimum Gasteiger partial charge on any atom is -0.478 e. The third-order valence-electron chi connectivity index (χ3n) is 2.90.